The van der Waals surface area contributed by atoms with Crippen LogP contribution in [0.3, 0.4) is 0 Å². The summed E-state index contributed by atoms with van der Waals surface area (Å²) >= 11 is 0. The number of ether oxygens (including phenoxy) is 1. The number of carbonyl (C=O) groups is 3. The van der Waals surface area contributed by atoms with Gasteiger partial charge < -0.3 is 24.7 Å². The summed E-state index contributed by atoms with van der Waals surface area (Å²) in [6, 6.07) is 3.32. The zero-order valence-electron chi connectivity index (χ0n) is 28.1. The molecule has 2 unspecified atom stereocenters. The van der Waals surface area contributed by atoms with E-state index in [2.05, 4.69) is 64.9 Å². The Morgan fingerprint density at radius 2 is 1.80 bits per heavy atom. The minimum Gasteiger partial charge on any atom is -0.506 e. The van der Waals surface area contributed by atoms with Crippen molar-refractivity contribution in [2.45, 2.75) is 116 Å². The lowest BCUT2D eigenvalue weighted by atomic mass is 9.45. The fourth-order valence-electron chi connectivity index (χ4n) is 7.13. The third-order valence-corrected chi connectivity index (χ3v) is 17.3. The van der Waals surface area contributed by atoms with Crippen LogP contribution in [0.1, 0.15) is 76.6 Å². The summed E-state index contributed by atoms with van der Waals surface area (Å²) < 4.78 is 12.3. The number of aromatic hydroxyl groups is 2. The number of ketones is 1. The molecule has 0 aromatic heterocycles. The first-order valence-electron chi connectivity index (χ1n) is 16.1. The smallest absolute Gasteiger partial charge is 0.341 e. The summed E-state index contributed by atoms with van der Waals surface area (Å²) in [7, 11) is -3.37. The standard InChI is InChI=1S/C34H53NO7Si2/c1-32(2,3)44(8,9)42-25-21-34-16-12-22(25)20-26(34)33(4,27(37)13-17-34)15-14-28(38)35-29-24(36)11-10-23(30(29)39)31(40)41-18-19-43(5,6)7/h10-11,13,17,22,25-26,36,39H,12,14-16,18-21H2,1-9H3,(H,35,38)/t22-,25?,26?,33-,34+/m0/s1. The lowest BCUT2D eigenvalue weighted by Crippen LogP contribution is -2.59. The molecule has 5 rings (SSSR count). The van der Waals surface area contributed by atoms with Gasteiger partial charge in [0.1, 0.15) is 17.0 Å². The second kappa shape index (κ2) is 12.1. The molecule has 3 fully saturated rings. The molecule has 44 heavy (non-hydrogen) atoms. The van der Waals surface area contributed by atoms with Crippen LogP contribution >= 0.6 is 0 Å². The number of benzene rings is 1. The molecule has 10 heteroatoms. The Hall–Kier alpha value is -2.44. The molecule has 0 saturated heterocycles. The van der Waals surface area contributed by atoms with E-state index in [1.54, 1.807) is 6.08 Å². The Bertz CT molecular complexity index is 1330. The van der Waals surface area contributed by atoms with Gasteiger partial charge in [0.15, 0.2) is 19.9 Å². The number of carbonyl (C=O) groups excluding carboxylic acids is 3. The molecule has 8 nitrogen and oxygen atoms in total. The minimum atomic E-state index is -1.95. The normalized spacial score (nSPS) is 28.5. The van der Waals surface area contributed by atoms with Gasteiger partial charge in [-0.2, -0.15) is 0 Å². The van der Waals surface area contributed by atoms with Crippen molar-refractivity contribution in [2.24, 2.45) is 22.7 Å². The number of hydrogen-bond acceptors (Lipinski definition) is 7. The first-order chi connectivity index (χ1) is 20.2. The predicted molar refractivity (Wildman–Crippen MR) is 178 cm³/mol. The van der Waals surface area contributed by atoms with Gasteiger partial charge in [-0.3, -0.25) is 9.59 Å². The number of hydrogen-bond donors (Lipinski definition) is 3. The quantitative estimate of drug-likeness (QED) is 0.136. The Kier molecular flexibility index (Phi) is 9.44. The van der Waals surface area contributed by atoms with E-state index in [0.29, 0.717) is 12.3 Å². The highest BCUT2D eigenvalue weighted by Crippen LogP contribution is 2.64. The monoisotopic (exact) mass is 643 g/mol. The molecule has 1 spiro atoms. The summed E-state index contributed by atoms with van der Waals surface area (Å²) in [5.41, 5.74) is -1.18. The number of fused-ring (bicyclic) bond motifs is 2. The summed E-state index contributed by atoms with van der Waals surface area (Å²) in [5.74, 6) is -1.48. The maximum Gasteiger partial charge on any atom is 0.341 e. The molecule has 1 aromatic rings. The van der Waals surface area contributed by atoms with Gasteiger partial charge in [0.2, 0.25) is 5.91 Å². The van der Waals surface area contributed by atoms with Crippen molar-refractivity contribution >= 4 is 39.7 Å². The van der Waals surface area contributed by atoms with Gasteiger partial charge in [-0.25, -0.2) is 4.79 Å². The number of anilines is 1. The zero-order chi connectivity index (χ0) is 32.9. The van der Waals surface area contributed by atoms with Gasteiger partial charge >= 0.3 is 5.97 Å². The zero-order valence-corrected chi connectivity index (χ0v) is 30.1. The first kappa shape index (κ1) is 34.4. The largest absolute Gasteiger partial charge is 0.506 e. The molecule has 3 N–H and O–H groups in total. The van der Waals surface area contributed by atoms with Crippen molar-refractivity contribution in [3.8, 4) is 11.5 Å². The van der Waals surface area contributed by atoms with E-state index in [9.17, 15) is 24.6 Å². The van der Waals surface area contributed by atoms with Crippen LogP contribution in [-0.2, 0) is 18.8 Å². The minimum absolute atomic E-state index is 0.0288. The molecule has 0 radical (unpaired) electrons. The van der Waals surface area contributed by atoms with E-state index >= 15 is 0 Å². The molecule has 0 aliphatic heterocycles. The average molecular weight is 644 g/mol. The lowest BCUT2D eigenvalue weighted by Gasteiger charge is -2.61. The Balaban J connectivity index is 1.45. The molecule has 1 aromatic carbocycles. The van der Waals surface area contributed by atoms with Crippen LogP contribution in [0.15, 0.2) is 24.3 Å². The van der Waals surface area contributed by atoms with E-state index in [0.717, 1.165) is 31.7 Å². The maximum atomic E-state index is 13.5. The van der Waals surface area contributed by atoms with Gasteiger partial charge in [-0.05, 0) is 91.7 Å². The van der Waals surface area contributed by atoms with Crippen LogP contribution in [0.5, 0.6) is 11.5 Å². The molecule has 2 bridgehead atoms. The predicted octanol–water partition coefficient (Wildman–Crippen LogP) is 7.65. The van der Waals surface area contributed by atoms with Crippen molar-refractivity contribution < 1.29 is 33.8 Å². The highest BCUT2D eigenvalue weighted by Gasteiger charge is 2.60. The van der Waals surface area contributed by atoms with Crippen LogP contribution < -0.4 is 5.32 Å². The van der Waals surface area contributed by atoms with Crippen molar-refractivity contribution in [1.82, 2.24) is 0 Å². The summed E-state index contributed by atoms with van der Waals surface area (Å²) in [4.78, 5) is 39.3. The Labute approximate surface area is 265 Å². The molecule has 0 heterocycles. The van der Waals surface area contributed by atoms with Gasteiger partial charge in [-0.15, -0.1) is 0 Å². The summed E-state index contributed by atoms with van der Waals surface area (Å²) in [6.07, 6.45) is 8.35. The average Bonchev–Trinajstić information content (AvgIpc) is 2.91. The van der Waals surface area contributed by atoms with E-state index in [1.807, 2.05) is 6.92 Å². The van der Waals surface area contributed by atoms with Crippen molar-refractivity contribution in [2.75, 3.05) is 11.9 Å². The molecule has 5 atom stereocenters. The Morgan fingerprint density at radius 1 is 1.11 bits per heavy atom. The Morgan fingerprint density at radius 3 is 2.43 bits per heavy atom. The highest BCUT2D eigenvalue weighted by atomic mass is 28.4. The molecular weight excluding hydrogens is 591 g/mol. The molecular formula is C34H53NO7Si2. The number of rotatable bonds is 10. The van der Waals surface area contributed by atoms with Gasteiger partial charge in [0.05, 0.1) is 6.61 Å². The number of amides is 1. The first-order valence-corrected chi connectivity index (χ1v) is 22.7. The molecule has 4 aliphatic carbocycles. The fraction of sp³-hybridized carbons (Fsp3) is 0.676. The van der Waals surface area contributed by atoms with Gasteiger partial charge in [-0.1, -0.05) is 53.4 Å². The fourth-order valence-corrected chi connectivity index (χ4v) is 9.24. The lowest BCUT2D eigenvalue weighted by molar-refractivity contribution is -0.147. The van der Waals surface area contributed by atoms with Crippen LogP contribution in [0.25, 0.3) is 0 Å². The number of phenols is 2. The van der Waals surface area contributed by atoms with Crippen LogP contribution in [-0.4, -0.2) is 57.0 Å². The number of nitrogens with one attached hydrogen (secondary N) is 1. The third-order valence-electron chi connectivity index (χ3n) is 11.1. The summed E-state index contributed by atoms with van der Waals surface area (Å²) in [5, 5.41) is 23.9. The van der Waals surface area contributed by atoms with Crippen molar-refractivity contribution in [3.63, 3.8) is 0 Å². The van der Waals surface area contributed by atoms with Gasteiger partial charge in [0.25, 0.3) is 0 Å². The number of allylic oxidation sites excluding steroid dienone is 2. The maximum absolute atomic E-state index is 13.5. The number of phenolic OH excluding ortho intramolecular Hbond substituents is 2. The summed E-state index contributed by atoms with van der Waals surface area (Å²) in [6.45, 7) is 20.1. The molecule has 4 aliphatic rings. The van der Waals surface area contributed by atoms with Crippen LogP contribution in [0, 0.1) is 22.7 Å². The van der Waals surface area contributed by atoms with E-state index in [-0.39, 0.29) is 58.3 Å². The van der Waals surface area contributed by atoms with Crippen molar-refractivity contribution in [1.29, 1.82) is 0 Å². The van der Waals surface area contributed by atoms with E-state index < -0.39 is 39.4 Å². The van der Waals surface area contributed by atoms with E-state index in [1.165, 1.54) is 12.1 Å². The second-order valence-corrected chi connectivity index (χ2v) is 26.8. The second-order valence-electron chi connectivity index (χ2n) is 16.4. The number of esters is 1. The molecule has 244 valence electrons. The van der Waals surface area contributed by atoms with E-state index in [4.69, 9.17) is 9.16 Å². The SMILES string of the molecule is CC(C)(C)[Si](C)(C)OC1C[C@@]23C=CC(=O)[C@@](C)(CCC(=O)Nc4c(O)ccc(C(=O)OCC[Si](C)(C)C)c4O)C2C[C@@H]1CC3. The van der Waals surface area contributed by atoms with Crippen LogP contribution in [0.4, 0.5) is 5.69 Å². The molecule has 1 amide bonds. The van der Waals surface area contributed by atoms with Crippen molar-refractivity contribution in [3.05, 3.63) is 29.8 Å². The molecule has 3 saturated carbocycles. The third kappa shape index (κ3) is 6.87. The van der Waals surface area contributed by atoms with Crippen LogP contribution in [0.2, 0.25) is 43.8 Å². The topological polar surface area (TPSA) is 122 Å². The van der Waals surface area contributed by atoms with Gasteiger partial charge in [0, 0.05) is 26.0 Å². The highest BCUT2D eigenvalue weighted by molar-refractivity contribution is 6.76.